The first-order valence-electron chi connectivity index (χ1n) is 10.4. The van der Waals surface area contributed by atoms with E-state index in [1.807, 2.05) is 36.4 Å². The van der Waals surface area contributed by atoms with Crippen LogP contribution >= 0.6 is 0 Å². The molecule has 2 fully saturated rings. The van der Waals surface area contributed by atoms with Gasteiger partial charge in [0.1, 0.15) is 5.60 Å². The van der Waals surface area contributed by atoms with Gasteiger partial charge in [-0.05, 0) is 41.9 Å². The SMILES string of the molecule is OC(c1ccccc1)(c1ccccc1)[C@H]1[C@@H]2CC[C@@H](C2)N1Cc1ccccc1. The first-order chi connectivity index (χ1) is 13.8. The number of likely N-dealkylation sites (tertiary alicyclic amines) is 1. The minimum atomic E-state index is -1.00. The van der Waals surface area contributed by atoms with Crippen molar-refractivity contribution in [1.82, 2.24) is 4.90 Å². The smallest absolute Gasteiger partial charge is 0.130 e. The number of nitrogens with zero attached hydrogens (tertiary/aromatic N) is 1. The zero-order chi connectivity index (χ0) is 19.0. The van der Waals surface area contributed by atoms with Crippen molar-refractivity contribution in [3.63, 3.8) is 0 Å². The summed E-state index contributed by atoms with van der Waals surface area (Å²) in [6.07, 6.45) is 3.65. The zero-order valence-electron chi connectivity index (χ0n) is 16.1. The molecule has 0 unspecified atom stereocenters. The first-order valence-corrected chi connectivity index (χ1v) is 10.4. The van der Waals surface area contributed by atoms with Crippen LogP contribution in [0.25, 0.3) is 0 Å². The highest BCUT2D eigenvalue weighted by atomic mass is 16.3. The molecule has 28 heavy (non-hydrogen) atoms. The van der Waals surface area contributed by atoms with Crippen LogP contribution in [0.5, 0.6) is 0 Å². The van der Waals surface area contributed by atoms with Gasteiger partial charge >= 0.3 is 0 Å². The summed E-state index contributed by atoms with van der Waals surface area (Å²) >= 11 is 0. The zero-order valence-corrected chi connectivity index (χ0v) is 16.1. The molecule has 0 radical (unpaired) electrons. The molecule has 2 aliphatic rings. The van der Waals surface area contributed by atoms with Gasteiger partial charge in [-0.2, -0.15) is 0 Å². The average molecular weight is 370 g/mol. The second kappa shape index (κ2) is 7.20. The molecular formula is C26H27NO. The van der Waals surface area contributed by atoms with Gasteiger partial charge in [0.25, 0.3) is 0 Å². The van der Waals surface area contributed by atoms with Gasteiger partial charge in [-0.1, -0.05) is 91.0 Å². The van der Waals surface area contributed by atoms with E-state index in [1.165, 1.54) is 24.8 Å². The summed E-state index contributed by atoms with van der Waals surface area (Å²) in [6, 6.07) is 31.9. The van der Waals surface area contributed by atoms with Crippen molar-refractivity contribution >= 4 is 0 Å². The lowest BCUT2D eigenvalue weighted by molar-refractivity contribution is -0.0455. The molecule has 3 aromatic carbocycles. The fraction of sp³-hybridized carbons (Fsp3) is 0.308. The van der Waals surface area contributed by atoms with Crippen molar-refractivity contribution in [2.45, 2.75) is 43.5 Å². The third kappa shape index (κ3) is 2.88. The van der Waals surface area contributed by atoms with Gasteiger partial charge in [0.05, 0.1) is 6.04 Å². The molecule has 2 nitrogen and oxygen atoms in total. The van der Waals surface area contributed by atoms with Crippen LogP contribution in [0.2, 0.25) is 0 Å². The summed E-state index contributed by atoms with van der Waals surface area (Å²) in [5, 5.41) is 12.4. The number of aliphatic hydroxyl groups is 1. The molecule has 2 heteroatoms. The minimum absolute atomic E-state index is 0.0938. The minimum Gasteiger partial charge on any atom is -0.379 e. The van der Waals surface area contributed by atoms with E-state index in [1.54, 1.807) is 0 Å². The molecule has 0 amide bonds. The van der Waals surface area contributed by atoms with Crippen LogP contribution in [0.15, 0.2) is 91.0 Å². The highest BCUT2D eigenvalue weighted by Gasteiger charge is 2.55. The molecule has 142 valence electrons. The quantitative estimate of drug-likeness (QED) is 0.686. The molecule has 0 spiro atoms. The maximum atomic E-state index is 12.4. The second-order valence-electron chi connectivity index (χ2n) is 8.33. The highest BCUT2D eigenvalue weighted by Crippen LogP contribution is 2.51. The van der Waals surface area contributed by atoms with E-state index < -0.39 is 5.60 Å². The standard InChI is InChI=1S/C26H27NO/c28-26(22-12-6-2-7-13-22,23-14-8-3-9-15-23)25-21-16-17-24(18-21)27(25)19-20-10-4-1-5-11-20/h1-15,21,24-25,28H,16-19H2/t21-,24+,25-/m1/s1. The van der Waals surface area contributed by atoms with Gasteiger partial charge in [0, 0.05) is 12.6 Å². The van der Waals surface area contributed by atoms with Crippen LogP contribution in [-0.2, 0) is 12.1 Å². The lowest BCUT2D eigenvalue weighted by atomic mass is 9.74. The fourth-order valence-electron chi connectivity index (χ4n) is 5.57. The molecule has 1 heterocycles. The van der Waals surface area contributed by atoms with Crippen LogP contribution in [0, 0.1) is 5.92 Å². The van der Waals surface area contributed by atoms with Crippen molar-refractivity contribution in [3.8, 4) is 0 Å². The average Bonchev–Trinajstić information content (AvgIpc) is 3.37. The Bertz CT molecular complexity index is 869. The maximum Gasteiger partial charge on any atom is 0.130 e. The first kappa shape index (κ1) is 17.7. The fourth-order valence-corrected chi connectivity index (χ4v) is 5.57. The molecule has 0 aromatic heterocycles. The molecule has 1 saturated heterocycles. The molecule has 1 N–H and O–H groups in total. The highest BCUT2D eigenvalue weighted by molar-refractivity contribution is 5.39. The van der Waals surface area contributed by atoms with E-state index >= 15 is 0 Å². The van der Waals surface area contributed by atoms with Crippen molar-refractivity contribution in [2.24, 2.45) is 5.92 Å². The third-order valence-corrected chi connectivity index (χ3v) is 6.78. The van der Waals surface area contributed by atoms with Gasteiger partial charge in [-0.3, -0.25) is 4.90 Å². The Balaban J connectivity index is 1.61. The predicted octanol–water partition coefficient (Wildman–Crippen LogP) is 4.98. The number of hydrogen-bond donors (Lipinski definition) is 1. The Morgan fingerprint density at radius 2 is 1.29 bits per heavy atom. The Morgan fingerprint density at radius 3 is 1.86 bits per heavy atom. The van der Waals surface area contributed by atoms with Gasteiger partial charge < -0.3 is 5.11 Å². The van der Waals surface area contributed by atoms with E-state index in [0.29, 0.717) is 12.0 Å². The van der Waals surface area contributed by atoms with Crippen LogP contribution in [0.1, 0.15) is 36.0 Å². The Labute approximate surface area is 167 Å². The lowest BCUT2D eigenvalue weighted by Gasteiger charge is -2.46. The van der Waals surface area contributed by atoms with Crippen molar-refractivity contribution < 1.29 is 5.11 Å². The number of piperidine rings is 1. The van der Waals surface area contributed by atoms with E-state index in [0.717, 1.165) is 17.7 Å². The normalized spacial score (nSPS) is 24.5. The number of hydrogen-bond acceptors (Lipinski definition) is 2. The van der Waals surface area contributed by atoms with Crippen molar-refractivity contribution in [2.75, 3.05) is 0 Å². The van der Waals surface area contributed by atoms with Crippen LogP contribution in [0.4, 0.5) is 0 Å². The number of rotatable bonds is 5. The largest absolute Gasteiger partial charge is 0.379 e. The monoisotopic (exact) mass is 369 g/mol. The van der Waals surface area contributed by atoms with E-state index in [2.05, 4.69) is 59.5 Å². The molecular weight excluding hydrogens is 342 g/mol. The van der Waals surface area contributed by atoms with Gasteiger partial charge in [0.15, 0.2) is 0 Å². The predicted molar refractivity (Wildman–Crippen MR) is 113 cm³/mol. The van der Waals surface area contributed by atoms with E-state index in [4.69, 9.17) is 0 Å². The third-order valence-electron chi connectivity index (χ3n) is 6.78. The maximum absolute atomic E-state index is 12.4. The summed E-state index contributed by atoms with van der Waals surface area (Å²) in [4.78, 5) is 2.59. The van der Waals surface area contributed by atoms with Crippen molar-refractivity contribution in [3.05, 3.63) is 108 Å². The van der Waals surface area contributed by atoms with Crippen LogP contribution < -0.4 is 0 Å². The summed E-state index contributed by atoms with van der Waals surface area (Å²) < 4.78 is 0. The number of fused-ring (bicyclic) bond motifs is 2. The molecule has 1 saturated carbocycles. The van der Waals surface area contributed by atoms with Crippen LogP contribution in [0.3, 0.4) is 0 Å². The van der Waals surface area contributed by atoms with E-state index in [-0.39, 0.29) is 6.04 Å². The second-order valence-corrected chi connectivity index (χ2v) is 8.33. The van der Waals surface area contributed by atoms with Gasteiger partial charge in [-0.25, -0.2) is 0 Å². The van der Waals surface area contributed by atoms with Crippen molar-refractivity contribution in [1.29, 1.82) is 0 Å². The van der Waals surface area contributed by atoms with E-state index in [9.17, 15) is 5.11 Å². The van der Waals surface area contributed by atoms with Crippen LogP contribution in [-0.4, -0.2) is 22.1 Å². The molecule has 3 atom stereocenters. The summed E-state index contributed by atoms with van der Waals surface area (Å²) in [6.45, 7) is 0.897. The molecule has 1 aliphatic heterocycles. The molecule has 2 bridgehead atoms. The molecule has 3 aromatic rings. The van der Waals surface area contributed by atoms with Gasteiger partial charge in [-0.15, -0.1) is 0 Å². The molecule has 1 aliphatic carbocycles. The topological polar surface area (TPSA) is 23.5 Å². The Kier molecular flexibility index (Phi) is 4.54. The Morgan fingerprint density at radius 1 is 0.750 bits per heavy atom. The summed E-state index contributed by atoms with van der Waals surface area (Å²) in [5.74, 6) is 0.527. The van der Waals surface area contributed by atoms with Gasteiger partial charge in [0.2, 0.25) is 0 Å². The Hall–Kier alpha value is -2.42. The summed E-state index contributed by atoms with van der Waals surface area (Å²) in [5.41, 5.74) is 2.31. The lowest BCUT2D eigenvalue weighted by Crippen LogP contribution is -2.54. The molecule has 5 rings (SSSR count). The number of benzene rings is 3. The summed E-state index contributed by atoms with van der Waals surface area (Å²) in [7, 11) is 0.